The fourth-order valence-electron chi connectivity index (χ4n) is 3.20. The highest BCUT2D eigenvalue weighted by atomic mass is 17.0. The number of hydrogen-bond acceptors (Lipinski definition) is 10. The van der Waals surface area contributed by atoms with E-state index in [9.17, 15) is 39.4 Å². The van der Waals surface area contributed by atoms with Crippen molar-refractivity contribution >= 4 is 21.5 Å². The predicted molar refractivity (Wildman–Crippen MR) is 100 cm³/mol. The summed E-state index contributed by atoms with van der Waals surface area (Å²) in [5, 5.41) is 18.1. The Hall–Kier alpha value is -4.10. The maximum Gasteiger partial charge on any atom is 0.294 e. The van der Waals surface area contributed by atoms with E-state index in [1.165, 1.54) is 12.1 Å². The Morgan fingerprint density at radius 1 is 0.667 bits per heavy atom. The molecule has 1 aromatic carbocycles. The molecule has 2 heterocycles. The highest BCUT2D eigenvalue weighted by molar-refractivity contribution is 5.97. The summed E-state index contributed by atoms with van der Waals surface area (Å²) in [6.45, 7) is -0.864. The first kappa shape index (κ1) is 20.6. The minimum atomic E-state index is -0.987. The van der Waals surface area contributed by atoms with Crippen LogP contribution >= 0.6 is 0 Å². The number of aromatic nitrogens is 2. The number of benzene rings is 1. The molecule has 0 aliphatic rings. The number of nitrogens with zero attached hydrogens (tertiary/aromatic N) is 4. The summed E-state index contributed by atoms with van der Waals surface area (Å²) < 4.78 is 1.73. The predicted octanol–water partition coefficient (Wildman–Crippen LogP) is -0.891. The highest BCUT2D eigenvalue weighted by Gasteiger charge is 2.19. The molecule has 3 rings (SSSR count). The van der Waals surface area contributed by atoms with Gasteiger partial charge in [-0.05, 0) is 25.0 Å². The molecule has 14 heteroatoms. The van der Waals surface area contributed by atoms with Gasteiger partial charge in [0.15, 0.2) is 0 Å². The lowest BCUT2D eigenvalue weighted by atomic mass is 10.1. The summed E-state index contributed by atoms with van der Waals surface area (Å²) in [5.41, 5.74) is -2.73. The second kappa shape index (κ2) is 8.10. The third-order valence-electron chi connectivity index (χ3n) is 4.51. The van der Waals surface area contributed by atoms with Gasteiger partial charge in [0.05, 0.1) is 34.8 Å². The normalized spacial score (nSPS) is 11.2. The Bertz CT molecular complexity index is 1170. The van der Waals surface area contributed by atoms with Gasteiger partial charge in [0.25, 0.3) is 32.4 Å². The molecule has 158 valence electrons. The van der Waals surface area contributed by atoms with E-state index in [0.29, 0.717) is 0 Å². The zero-order valence-electron chi connectivity index (χ0n) is 15.3. The fourth-order valence-corrected chi connectivity index (χ4v) is 3.20. The van der Waals surface area contributed by atoms with Crippen LogP contribution in [0.3, 0.4) is 0 Å². The molecule has 0 fully saturated rings. The zero-order chi connectivity index (χ0) is 22.0. The molecular weight excluding hydrogens is 408 g/mol. The van der Waals surface area contributed by atoms with Crippen LogP contribution in [0.15, 0.2) is 31.3 Å². The van der Waals surface area contributed by atoms with Crippen LogP contribution in [0.25, 0.3) is 21.5 Å². The molecule has 0 spiro atoms. The van der Waals surface area contributed by atoms with Crippen molar-refractivity contribution in [2.24, 2.45) is 0 Å². The summed E-state index contributed by atoms with van der Waals surface area (Å²) in [6, 6.07) is 2.35. The topological polar surface area (TPSA) is 183 Å². The maximum absolute atomic E-state index is 12.5. The third kappa shape index (κ3) is 3.74. The number of fused-ring (bicyclic) bond motifs is 2. The van der Waals surface area contributed by atoms with E-state index < -0.39 is 32.4 Å². The van der Waals surface area contributed by atoms with Gasteiger partial charge < -0.3 is 9.68 Å². The molecule has 0 aliphatic carbocycles. The van der Waals surface area contributed by atoms with Gasteiger partial charge in [-0.3, -0.25) is 28.3 Å². The minimum Gasteiger partial charge on any atom is -0.314 e. The molecular formula is C16H14N4O10. The van der Waals surface area contributed by atoms with Crippen molar-refractivity contribution in [3.8, 4) is 0 Å². The Morgan fingerprint density at radius 2 is 0.967 bits per heavy atom. The highest BCUT2D eigenvalue weighted by Crippen LogP contribution is 2.14. The van der Waals surface area contributed by atoms with E-state index in [2.05, 4.69) is 9.68 Å². The smallest absolute Gasteiger partial charge is 0.294 e. The summed E-state index contributed by atoms with van der Waals surface area (Å²) in [5.74, 6) is 0. The molecule has 0 saturated carbocycles. The zero-order valence-corrected chi connectivity index (χ0v) is 15.3. The molecule has 3 aromatic rings. The van der Waals surface area contributed by atoms with Crippen LogP contribution in [0.5, 0.6) is 0 Å². The standard InChI is InChI=1S/C16H14N4O10/c21-13-9-7-11-12(16(24)18(15(11)23)4-2-6-30-20(27)28)8-10(9)14(22)17(13)3-1-5-29-19(25)26/h7-8H,1-6H2. The summed E-state index contributed by atoms with van der Waals surface area (Å²) in [7, 11) is 0. The van der Waals surface area contributed by atoms with Crippen molar-refractivity contribution in [3.63, 3.8) is 0 Å². The molecule has 0 radical (unpaired) electrons. The van der Waals surface area contributed by atoms with Crippen molar-refractivity contribution in [1.82, 2.24) is 9.13 Å². The van der Waals surface area contributed by atoms with Crippen molar-refractivity contribution < 1.29 is 19.8 Å². The van der Waals surface area contributed by atoms with Gasteiger partial charge in [0, 0.05) is 13.1 Å². The fraction of sp³-hybridized carbons (Fsp3) is 0.375. The molecule has 0 atom stereocenters. The Balaban J connectivity index is 1.95. The van der Waals surface area contributed by atoms with E-state index in [0.717, 1.165) is 9.13 Å². The SMILES string of the molecule is O=c1c2cc3c(=O)n(CCCO[N+](=O)[O-])c(=O)c3cc2c(=O)n1CCCO[N+](=O)[O-]. The minimum absolute atomic E-state index is 0.0318. The van der Waals surface area contributed by atoms with E-state index in [1.54, 1.807) is 0 Å². The summed E-state index contributed by atoms with van der Waals surface area (Å²) >= 11 is 0. The quantitative estimate of drug-likeness (QED) is 0.226. The first-order chi connectivity index (χ1) is 14.2. The molecule has 0 aliphatic heterocycles. The van der Waals surface area contributed by atoms with Crippen LogP contribution in [-0.2, 0) is 22.8 Å². The van der Waals surface area contributed by atoms with Crippen molar-refractivity contribution in [2.75, 3.05) is 13.2 Å². The van der Waals surface area contributed by atoms with Crippen LogP contribution in [0.4, 0.5) is 0 Å². The lowest BCUT2D eigenvalue weighted by Gasteiger charge is -1.99. The first-order valence-electron chi connectivity index (χ1n) is 8.67. The lowest BCUT2D eigenvalue weighted by molar-refractivity contribution is -0.757. The van der Waals surface area contributed by atoms with Gasteiger partial charge in [-0.15, -0.1) is 20.2 Å². The van der Waals surface area contributed by atoms with Gasteiger partial charge in [0.2, 0.25) is 0 Å². The van der Waals surface area contributed by atoms with Crippen molar-refractivity contribution in [3.05, 3.63) is 73.8 Å². The van der Waals surface area contributed by atoms with Gasteiger partial charge in [-0.25, -0.2) is 0 Å². The average Bonchev–Trinajstić information content (AvgIpc) is 3.06. The molecule has 30 heavy (non-hydrogen) atoms. The van der Waals surface area contributed by atoms with Gasteiger partial charge in [-0.1, -0.05) is 0 Å². The molecule has 0 amide bonds. The van der Waals surface area contributed by atoms with Crippen LogP contribution in [0, 0.1) is 20.2 Å². The largest absolute Gasteiger partial charge is 0.314 e. The van der Waals surface area contributed by atoms with Crippen molar-refractivity contribution in [2.45, 2.75) is 25.9 Å². The van der Waals surface area contributed by atoms with Gasteiger partial charge >= 0.3 is 0 Å². The lowest BCUT2D eigenvalue weighted by Crippen LogP contribution is -2.26. The molecule has 0 unspecified atom stereocenters. The van der Waals surface area contributed by atoms with Crippen molar-refractivity contribution in [1.29, 1.82) is 0 Å². The molecule has 0 N–H and O–H groups in total. The molecule has 0 bridgehead atoms. The van der Waals surface area contributed by atoms with E-state index >= 15 is 0 Å². The molecule has 2 aromatic heterocycles. The number of hydrogen-bond donors (Lipinski definition) is 0. The third-order valence-corrected chi connectivity index (χ3v) is 4.51. The van der Waals surface area contributed by atoms with Crippen LogP contribution in [0.2, 0.25) is 0 Å². The Kier molecular flexibility index (Phi) is 5.57. The summed E-state index contributed by atoms with van der Waals surface area (Å²) in [4.78, 5) is 78.7. The Labute approximate surface area is 164 Å². The van der Waals surface area contributed by atoms with Crippen LogP contribution < -0.4 is 22.2 Å². The summed E-state index contributed by atoms with van der Waals surface area (Å²) in [6.07, 6.45) is 0.0635. The second-order valence-electron chi connectivity index (χ2n) is 6.29. The van der Waals surface area contributed by atoms with Gasteiger partial charge in [0.1, 0.15) is 0 Å². The first-order valence-corrected chi connectivity index (χ1v) is 8.67. The van der Waals surface area contributed by atoms with E-state index in [-0.39, 0.29) is 60.7 Å². The monoisotopic (exact) mass is 422 g/mol. The van der Waals surface area contributed by atoms with Gasteiger partial charge in [-0.2, -0.15) is 0 Å². The molecule has 0 saturated heterocycles. The van der Waals surface area contributed by atoms with E-state index in [4.69, 9.17) is 0 Å². The Morgan fingerprint density at radius 3 is 1.23 bits per heavy atom. The average molecular weight is 422 g/mol. The second-order valence-corrected chi connectivity index (χ2v) is 6.29. The van der Waals surface area contributed by atoms with Crippen LogP contribution in [0.1, 0.15) is 12.8 Å². The van der Waals surface area contributed by atoms with Crippen LogP contribution in [-0.4, -0.2) is 32.5 Å². The number of rotatable bonds is 10. The molecule has 14 nitrogen and oxygen atoms in total. The maximum atomic E-state index is 12.5. The van der Waals surface area contributed by atoms with E-state index in [1.807, 2.05) is 0 Å².